The number of rotatable bonds is 5. The van der Waals surface area contributed by atoms with Crippen molar-refractivity contribution in [1.29, 1.82) is 0 Å². The van der Waals surface area contributed by atoms with Crippen LogP contribution in [0.15, 0.2) is 24.3 Å². The third-order valence-corrected chi connectivity index (χ3v) is 3.36. The Morgan fingerprint density at radius 1 is 1.23 bits per heavy atom. The maximum absolute atomic E-state index is 12.1. The van der Waals surface area contributed by atoms with E-state index in [2.05, 4.69) is 25.6 Å². The van der Waals surface area contributed by atoms with Gasteiger partial charge >= 0.3 is 0 Å². The van der Waals surface area contributed by atoms with Gasteiger partial charge in [0.15, 0.2) is 0 Å². The first kappa shape index (κ1) is 20.2. The van der Waals surface area contributed by atoms with Crippen molar-refractivity contribution < 1.29 is 9.59 Å². The molecule has 0 fully saturated rings. The van der Waals surface area contributed by atoms with Gasteiger partial charge in [-0.3, -0.25) is 9.59 Å². The first-order valence-corrected chi connectivity index (χ1v) is 8.12. The molecular weight excluding hydrogens is 276 g/mol. The number of unbranched alkanes of at least 4 members (excludes halogenated alkanes) is 1. The minimum absolute atomic E-state index is 0.213. The molecule has 124 valence electrons. The molecule has 0 bridgehead atoms. The summed E-state index contributed by atoms with van der Waals surface area (Å²) >= 11 is 0. The highest BCUT2D eigenvalue weighted by Crippen LogP contribution is 2.22. The van der Waals surface area contributed by atoms with Crippen molar-refractivity contribution in [2.75, 3.05) is 6.54 Å². The Labute approximate surface area is 134 Å². The summed E-state index contributed by atoms with van der Waals surface area (Å²) in [6, 6.07) is 7.94. The highest BCUT2D eigenvalue weighted by atomic mass is 16.2. The summed E-state index contributed by atoms with van der Waals surface area (Å²) in [5.41, 5.74) is 6.25. The number of amides is 2. The highest BCUT2D eigenvalue weighted by molar-refractivity contribution is 5.98. The second-order valence-corrected chi connectivity index (χ2v) is 5.41. The largest absolute Gasteiger partial charge is 0.372 e. The molecule has 0 aromatic heterocycles. The van der Waals surface area contributed by atoms with E-state index >= 15 is 0 Å². The summed E-state index contributed by atoms with van der Waals surface area (Å²) in [4.78, 5) is 22.6. The Kier molecular flexibility index (Phi) is 10.8. The van der Waals surface area contributed by atoms with Crippen LogP contribution < -0.4 is 5.73 Å². The van der Waals surface area contributed by atoms with Gasteiger partial charge in [-0.1, -0.05) is 58.7 Å². The molecule has 0 atom stereocenters. The first-order chi connectivity index (χ1) is 10.6. The van der Waals surface area contributed by atoms with Crippen molar-refractivity contribution in [3.63, 3.8) is 0 Å². The molecule has 0 radical (unpaired) electrons. The highest BCUT2D eigenvalue weighted by Gasteiger charge is 2.25. The van der Waals surface area contributed by atoms with Crippen LogP contribution in [0.5, 0.6) is 0 Å². The molecule has 1 aromatic rings. The van der Waals surface area contributed by atoms with Gasteiger partial charge < -0.3 is 10.6 Å². The van der Waals surface area contributed by atoms with Crippen LogP contribution in [-0.4, -0.2) is 23.8 Å². The summed E-state index contributed by atoms with van der Waals surface area (Å²) < 4.78 is 0. The molecule has 0 unspecified atom stereocenters. The molecule has 2 rings (SSSR count). The molecule has 1 aliphatic heterocycles. The average Bonchev–Trinajstić information content (AvgIpc) is 2.83. The van der Waals surface area contributed by atoms with E-state index in [1.807, 2.05) is 36.9 Å². The Morgan fingerprint density at radius 3 is 2.36 bits per heavy atom. The van der Waals surface area contributed by atoms with Gasteiger partial charge in [-0.05, 0) is 24.0 Å². The number of hydrogen-bond donors (Lipinski definition) is 1. The Bertz CT molecular complexity index is 444. The summed E-state index contributed by atoms with van der Waals surface area (Å²) in [6.45, 7) is 10.2. The van der Waals surface area contributed by atoms with E-state index in [0.29, 0.717) is 0 Å². The lowest BCUT2D eigenvalue weighted by Gasteiger charge is -2.15. The molecule has 22 heavy (non-hydrogen) atoms. The van der Waals surface area contributed by atoms with Crippen LogP contribution in [0.25, 0.3) is 0 Å². The SMILES string of the molecule is CC.CC(C)CCCCN1Cc2ccccc2C1=O.NC=O. The van der Waals surface area contributed by atoms with E-state index < -0.39 is 0 Å². The zero-order chi connectivity index (χ0) is 17.0. The maximum atomic E-state index is 12.1. The van der Waals surface area contributed by atoms with Crippen molar-refractivity contribution in [2.45, 2.75) is 53.5 Å². The van der Waals surface area contributed by atoms with Gasteiger partial charge in [0.2, 0.25) is 6.41 Å². The Balaban J connectivity index is 0.000000789. The van der Waals surface area contributed by atoms with E-state index in [1.165, 1.54) is 18.4 Å². The van der Waals surface area contributed by atoms with Crippen LogP contribution in [0.3, 0.4) is 0 Å². The van der Waals surface area contributed by atoms with Crippen molar-refractivity contribution in [3.8, 4) is 0 Å². The monoisotopic (exact) mass is 306 g/mol. The molecule has 0 aliphatic carbocycles. The number of benzene rings is 1. The lowest BCUT2D eigenvalue weighted by atomic mass is 10.1. The van der Waals surface area contributed by atoms with Crippen molar-refractivity contribution in [3.05, 3.63) is 35.4 Å². The van der Waals surface area contributed by atoms with Crippen LogP contribution in [0.4, 0.5) is 0 Å². The van der Waals surface area contributed by atoms with Crippen molar-refractivity contribution in [2.24, 2.45) is 11.7 Å². The average molecular weight is 306 g/mol. The molecule has 0 spiro atoms. The number of carbonyl (C=O) groups is 2. The topological polar surface area (TPSA) is 63.4 Å². The molecule has 1 aliphatic rings. The van der Waals surface area contributed by atoms with Gasteiger partial charge in [0.1, 0.15) is 0 Å². The molecule has 0 saturated carbocycles. The van der Waals surface area contributed by atoms with Crippen LogP contribution >= 0.6 is 0 Å². The lowest BCUT2D eigenvalue weighted by Crippen LogP contribution is -2.24. The fourth-order valence-electron chi connectivity index (χ4n) is 2.35. The summed E-state index contributed by atoms with van der Waals surface area (Å²) in [7, 11) is 0. The van der Waals surface area contributed by atoms with Gasteiger partial charge in [-0.25, -0.2) is 0 Å². The van der Waals surface area contributed by atoms with Crippen molar-refractivity contribution in [1.82, 2.24) is 4.90 Å². The number of nitrogens with zero attached hydrogens (tertiary/aromatic N) is 1. The number of fused-ring (bicyclic) bond motifs is 1. The molecule has 0 saturated heterocycles. The van der Waals surface area contributed by atoms with E-state index in [0.717, 1.165) is 31.0 Å². The normalized spacial score (nSPS) is 12.0. The van der Waals surface area contributed by atoms with E-state index in [1.54, 1.807) is 0 Å². The minimum Gasteiger partial charge on any atom is -0.372 e. The Hall–Kier alpha value is -1.84. The number of primary amides is 1. The number of carbonyl (C=O) groups excluding carboxylic acids is 2. The summed E-state index contributed by atoms with van der Waals surface area (Å²) in [6.07, 6.45) is 3.85. The predicted octanol–water partition coefficient (Wildman–Crippen LogP) is 3.60. The molecule has 1 heterocycles. The third-order valence-electron chi connectivity index (χ3n) is 3.36. The maximum Gasteiger partial charge on any atom is 0.254 e. The zero-order valence-electron chi connectivity index (χ0n) is 14.3. The first-order valence-electron chi connectivity index (χ1n) is 8.12. The van der Waals surface area contributed by atoms with E-state index in [-0.39, 0.29) is 12.3 Å². The lowest BCUT2D eigenvalue weighted by molar-refractivity contribution is -0.106. The quantitative estimate of drug-likeness (QED) is 0.667. The molecule has 4 nitrogen and oxygen atoms in total. The van der Waals surface area contributed by atoms with Gasteiger partial charge in [0, 0.05) is 18.7 Å². The third kappa shape index (κ3) is 6.74. The van der Waals surface area contributed by atoms with Crippen molar-refractivity contribution >= 4 is 12.3 Å². The van der Waals surface area contributed by atoms with E-state index in [9.17, 15) is 4.79 Å². The van der Waals surface area contributed by atoms with Gasteiger partial charge in [-0.2, -0.15) is 0 Å². The van der Waals surface area contributed by atoms with Crippen LogP contribution in [-0.2, 0) is 11.3 Å². The van der Waals surface area contributed by atoms with Gasteiger partial charge in [-0.15, -0.1) is 0 Å². The molecule has 2 N–H and O–H groups in total. The predicted molar refractivity (Wildman–Crippen MR) is 91.5 cm³/mol. The Morgan fingerprint density at radius 2 is 1.82 bits per heavy atom. The molecule has 2 amide bonds. The summed E-state index contributed by atoms with van der Waals surface area (Å²) in [5.74, 6) is 0.978. The fraction of sp³-hybridized carbons (Fsp3) is 0.556. The minimum atomic E-state index is 0.213. The number of nitrogens with two attached hydrogens (primary N) is 1. The van der Waals surface area contributed by atoms with Crippen LogP contribution in [0.2, 0.25) is 0 Å². The summed E-state index contributed by atoms with van der Waals surface area (Å²) in [5, 5.41) is 0. The second-order valence-electron chi connectivity index (χ2n) is 5.41. The van der Waals surface area contributed by atoms with Gasteiger partial charge in [0.25, 0.3) is 5.91 Å². The smallest absolute Gasteiger partial charge is 0.254 e. The van der Waals surface area contributed by atoms with Gasteiger partial charge in [0.05, 0.1) is 0 Å². The molecular formula is C18H30N2O2. The second kappa shape index (κ2) is 11.8. The fourth-order valence-corrected chi connectivity index (χ4v) is 2.35. The van der Waals surface area contributed by atoms with Crippen LogP contribution in [0, 0.1) is 5.92 Å². The van der Waals surface area contributed by atoms with E-state index in [4.69, 9.17) is 4.79 Å². The standard InChI is InChI=1S/C15H21NO.C2H6.CH3NO/c1-12(2)7-5-6-10-16-11-13-8-3-4-9-14(13)15(16)17;1-2;2-1-3/h3-4,8-9,12H,5-7,10-11H2,1-2H3;1-2H3;1H,(H2,2,3). The van der Waals surface area contributed by atoms with Crippen LogP contribution in [0.1, 0.15) is 62.9 Å². The molecule has 1 aromatic carbocycles. The number of hydrogen-bond acceptors (Lipinski definition) is 2. The molecule has 4 heteroatoms. The zero-order valence-corrected chi connectivity index (χ0v) is 14.3.